The van der Waals surface area contributed by atoms with Crippen LogP contribution in [0.1, 0.15) is 27.8 Å². The van der Waals surface area contributed by atoms with Gasteiger partial charge in [0.25, 0.3) is 0 Å². The standard InChI is InChI=1S/C20H21N3O3/c1-13-4-19(26-12-16-5-15(6-21)7-22-8-16)14(2)3-17(13)9-23-10-18(11-23)20(24)25/h3-5,7-8,18H,9-12H2,1-2H3,(H,24,25). The Balaban J connectivity index is 1.64. The number of carboxylic acids is 1. The number of hydrogen-bond acceptors (Lipinski definition) is 5. The highest BCUT2D eigenvalue weighted by Crippen LogP contribution is 2.27. The molecular formula is C20H21N3O3. The molecule has 2 heterocycles. The number of nitrogens with zero attached hydrogens (tertiary/aromatic N) is 3. The molecule has 1 N–H and O–H groups in total. The van der Waals surface area contributed by atoms with Crippen LogP contribution < -0.4 is 4.74 Å². The van der Waals surface area contributed by atoms with Crippen LogP contribution in [0.4, 0.5) is 0 Å². The molecule has 0 atom stereocenters. The van der Waals surface area contributed by atoms with Crippen molar-refractivity contribution in [2.45, 2.75) is 27.0 Å². The van der Waals surface area contributed by atoms with Gasteiger partial charge in [-0.05, 0) is 42.7 Å². The van der Waals surface area contributed by atoms with E-state index >= 15 is 0 Å². The van der Waals surface area contributed by atoms with Crippen LogP contribution in [0.3, 0.4) is 0 Å². The van der Waals surface area contributed by atoms with Crippen LogP contribution in [0.15, 0.2) is 30.6 Å². The first-order valence-electron chi connectivity index (χ1n) is 8.48. The molecule has 1 aliphatic rings. The van der Waals surface area contributed by atoms with Gasteiger partial charge in [0.15, 0.2) is 0 Å². The minimum Gasteiger partial charge on any atom is -0.489 e. The van der Waals surface area contributed by atoms with Gasteiger partial charge in [0, 0.05) is 37.6 Å². The lowest BCUT2D eigenvalue weighted by Crippen LogP contribution is -2.49. The second-order valence-electron chi connectivity index (χ2n) is 6.76. The predicted molar refractivity (Wildman–Crippen MR) is 95.6 cm³/mol. The highest BCUT2D eigenvalue weighted by Gasteiger charge is 2.32. The number of aromatic nitrogens is 1. The van der Waals surface area contributed by atoms with Gasteiger partial charge in [-0.3, -0.25) is 14.7 Å². The summed E-state index contributed by atoms with van der Waals surface area (Å²) >= 11 is 0. The Morgan fingerprint density at radius 3 is 2.77 bits per heavy atom. The van der Waals surface area contributed by atoms with Gasteiger partial charge in [-0.1, -0.05) is 6.07 Å². The number of hydrogen-bond donors (Lipinski definition) is 1. The molecule has 0 spiro atoms. The maximum Gasteiger partial charge on any atom is 0.309 e. The van der Waals surface area contributed by atoms with E-state index in [4.69, 9.17) is 15.1 Å². The van der Waals surface area contributed by atoms with E-state index in [2.05, 4.69) is 22.0 Å². The van der Waals surface area contributed by atoms with E-state index in [1.165, 1.54) is 11.8 Å². The molecule has 1 aliphatic heterocycles. The van der Waals surface area contributed by atoms with Crippen molar-refractivity contribution < 1.29 is 14.6 Å². The van der Waals surface area contributed by atoms with E-state index in [0.717, 1.165) is 29.0 Å². The molecule has 26 heavy (non-hydrogen) atoms. The van der Waals surface area contributed by atoms with Gasteiger partial charge in [-0.25, -0.2) is 0 Å². The Kier molecular flexibility index (Phi) is 5.19. The number of pyridine rings is 1. The van der Waals surface area contributed by atoms with Crippen LogP contribution >= 0.6 is 0 Å². The van der Waals surface area contributed by atoms with E-state index in [9.17, 15) is 4.79 Å². The Labute approximate surface area is 152 Å². The second-order valence-corrected chi connectivity index (χ2v) is 6.76. The van der Waals surface area contributed by atoms with Gasteiger partial charge >= 0.3 is 5.97 Å². The quantitative estimate of drug-likeness (QED) is 0.861. The molecule has 1 aromatic heterocycles. The van der Waals surface area contributed by atoms with Crippen LogP contribution in [0, 0.1) is 31.1 Å². The third-order valence-electron chi connectivity index (χ3n) is 4.65. The van der Waals surface area contributed by atoms with Gasteiger partial charge in [0.05, 0.1) is 11.5 Å². The van der Waals surface area contributed by atoms with Gasteiger partial charge in [-0.2, -0.15) is 5.26 Å². The molecule has 1 saturated heterocycles. The molecular weight excluding hydrogens is 330 g/mol. The van der Waals surface area contributed by atoms with E-state index < -0.39 is 5.97 Å². The lowest BCUT2D eigenvalue weighted by Gasteiger charge is -2.37. The highest BCUT2D eigenvalue weighted by molar-refractivity contribution is 5.71. The van der Waals surface area contributed by atoms with E-state index in [1.54, 1.807) is 12.3 Å². The van der Waals surface area contributed by atoms with E-state index in [1.807, 2.05) is 19.9 Å². The van der Waals surface area contributed by atoms with Crippen molar-refractivity contribution in [1.29, 1.82) is 5.26 Å². The van der Waals surface area contributed by atoms with Crippen LogP contribution in [-0.4, -0.2) is 34.0 Å². The topological polar surface area (TPSA) is 86.5 Å². The molecule has 6 heteroatoms. The number of ether oxygens (including phenoxy) is 1. The summed E-state index contributed by atoms with van der Waals surface area (Å²) in [6.07, 6.45) is 3.22. The first-order chi connectivity index (χ1) is 12.5. The fourth-order valence-electron chi connectivity index (χ4n) is 3.06. The summed E-state index contributed by atoms with van der Waals surface area (Å²) < 4.78 is 5.91. The summed E-state index contributed by atoms with van der Waals surface area (Å²) in [5.74, 6) is -0.148. The summed E-state index contributed by atoms with van der Waals surface area (Å²) in [6, 6.07) is 7.96. The maximum atomic E-state index is 10.9. The van der Waals surface area contributed by atoms with Gasteiger partial charge in [0.1, 0.15) is 18.4 Å². The summed E-state index contributed by atoms with van der Waals surface area (Å²) in [4.78, 5) is 17.1. The van der Waals surface area contributed by atoms with Crippen molar-refractivity contribution in [3.05, 3.63) is 58.4 Å². The van der Waals surface area contributed by atoms with E-state index in [-0.39, 0.29) is 5.92 Å². The van der Waals surface area contributed by atoms with Crippen molar-refractivity contribution in [3.8, 4) is 11.8 Å². The van der Waals surface area contributed by atoms with Crippen molar-refractivity contribution >= 4 is 5.97 Å². The zero-order valence-corrected chi connectivity index (χ0v) is 14.9. The predicted octanol–water partition coefficient (Wildman–Crippen LogP) is 2.67. The summed E-state index contributed by atoms with van der Waals surface area (Å²) in [6.45, 7) is 6.36. The third kappa shape index (κ3) is 4.01. The number of aryl methyl sites for hydroxylation is 2. The Morgan fingerprint density at radius 1 is 1.31 bits per heavy atom. The number of rotatable bonds is 6. The average molecular weight is 351 g/mol. The van der Waals surface area contributed by atoms with Crippen molar-refractivity contribution in [1.82, 2.24) is 9.88 Å². The van der Waals surface area contributed by atoms with E-state index in [0.29, 0.717) is 25.3 Å². The monoisotopic (exact) mass is 351 g/mol. The van der Waals surface area contributed by atoms with Gasteiger partial charge in [-0.15, -0.1) is 0 Å². The lowest BCUT2D eigenvalue weighted by atomic mass is 9.97. The molecule has 0 radical (unpaired) electrons. The van der Waals surface area contributed by atoms with Crippen LogP contribution in [0.5, 0.6) is 5.75 Å². The zero-order valence-electron chi connectivity index (χ0n) is 14.9. The Bertz CT molecular complexity index is 867. The molecule has 2 aromatic rings. The SMILES string of the molecule is Cc1cc(OCc2cncc(C#N)c2)c(C)cc1CN1CC(C(=O)O)C1. The largest absolute Gasteiger partial charge is 0.489 e. The number of nitriles is 1. The molecule has 6 nitrogen and oxygen atoms in total. The summed E-state index contributed by atoms with van der Waals surface area (Å²) in [5, 5.41) is 17.9. The van der Waals surface area contributed by atoms with Crippen molar-refractivity contribution in [3.63, 3.8) is 0 Å². The van der Waals surface area contributed by atoms with Crippen molar-refractivity contribution in [2.75, 3.05) is 13.1 Å². The first kappa shape index (κ1) is 17.9. The van der Waals surface area contributed by atoms with Gasteiger partial charge < -0.3 is 9.84 Å². The number of carboxylic acid groups (broad SMARTS) is 1. The fourth-order valence-corrected chi connectivity index (χ4v) is 3.06. The Morgan fingerprint density at radius 2 is 2.08 bits per heavy atom. The number of carbonyl (C=O) groups is 1. The third-order valence-corrected chi connectivity index (χ3v) is 4.65. The number of likely N-dealkylation sites (tertiary alicyclic amines) is 1. The number of aliphatic carboxylic acids is 1. The molecule has 0 saturated carbocycles. The molecule has 3 rings (SSSR count). The molecule has 134 valence electrons. The smallest absolute Gasteiger partial charge is 0.309 e. The molecule has 1 fully saturated rings. The minimum atomic E-state index is -0.715. The summed E-state index contributed by atoms with van der Waals surface area (Å²) in [5.41, 5.74) is 4.71. The summed E-state index contributed by atoms with van der Waals surface area (Å²) in [7, 11) is 0. The Hall–Kier alpha value is -2.91. The van der Waals surface area contributed by atoms with Crippen LogP contribution in [0.25, 0.3) is 0 Å². The lowest BCUT2D eigenvalue weighted by molar-refractivity contribution is -0.147. The number of benzene rings is 1. The molecule has 0 bridgehead atoms. The molecule has 0 unspecified atom stereocenters. The van der Waals surface area contributed by atoms with Crippen molar-refractivity contribution in [2.24, 2.45) is 5.92 Å². The first-order valence-corrected chi connectivity index (χ1v) is 8.48. The molecule has 0 aliphatic carbocycles. The maximum absolute atomic E-state index is 10.9. The zero-order chi connectivity index (χ0) is 18.7. The van der Waals surface area contributed by atoms with Crippen LogP contribution in [0.2, 0.25) is 0 Å². The molecule has 0 amide bonds. The fraction of sp³-hybridized carbons (Fsp3) is 0.350. The minimum absolute atomic E-state index is 0.239. The average Bonchev–Trinajstić information content (AvgIpc) is 2.58. The normalized spacial score (nSPS) is 14.5. The van der Waals surface area contributed by atoms with Gasteiger partial charge in [0.2, 0.25) is 0 Å². The van der Waals surface area contributed by atoms with Crippen LogP contribution in [-0.2, 0) is 17.9 Å². The highest BCUT2D eigenvalue weighted by atomic mass is 16.5. The second kappa shape index (κ2) is 7.54. The molecule has 1 aromatic carbocycles.